The minimum atomic E-state index is 0.358. The predicted molar refractivity (Wildman–Crippen MR) is 53.0 cm³/mol. The second-order valence-electron chi connectivity index (χ2n) is 2.36. The molecule has 4 heteroatoms. The number of aldehydes is 1. The maximum atomic E-state index is 10.6. The van der Waals surface area contributed by atoms with E-state index in [1.54, 1.807) is 6.07 Å². The van der Waals surface area contributed by atoms with Crippen molar-refractivity contribution >= 4 is 29.5 Å². The number of ether oxygens (including phenoxy) is 1. The van der Waals surface area contributed by atoms with Gasteiger partial charge in [-0.3, -0.25) is 4.79 Å². The second kappa shape index (κ2) is 4.49. The molecule has 0 radical (unpaired) electrons. The first-order valence-corrected chi connectivity index (χ1v) is 4.51. The van der Waals surface area contributed by atoms with Crippen LogP contribution in [0.2, 0.25) is 10.0 Å². The van der Waals surface area contributed by atoms with E-state index in [-0.39, 0.29) is 0 Å². The Morgan fingerprint density at radius 1 is 1.46 bits per heavy atom. The van der Waals surface area contributed by atoms with Gasteiger partial charge in [-0.05, 0) is 19.1 Å². The Bertz CT molecular complexity index is 324. The third-order valence-electron chi connectivity index (χ3n) is 1.45. The molecule has 0 spiro atoms. The summed E-state index contributed by atoms with van der Waals surface area (Å²) in [5.41, 5.74) is 0.374. The van der Waals surface area contributed by atoms with E-state index in [0.29, 0.717) is 34.3 Å². The normalized spacial score (nSPS) is 9.77. The molecule has 0 aliphatic rings. The summed E-state index contributed by atoms with van der Waals surface area (Å²) in [6.07, 6.45) is 0.669. The molecule has 0 amide bonds. The van der Waals surface area contributed by atoms with Crippen LogP contribution in [0, 0.1) is 0 Å². The lowest BCUT2D eigenvalue weighted by Gasteiger charge is -2.08. The zero-order valence-electron chi connectivity index (χ0n) is 7.01. The molecular weight excluding hydrogens is 211 g/mol. The molecular formula is C9H8Cl2O2. The van der Waals surface area contributed by atoms with E-state index in [0.717, 1.165) is 0 Å². The average Bonchev–Trinajstić information content (AvgIpc) is 2.09. The number of hydrogen-bond acceptors (Lipinski definition) is 2. The van der Waals surface area contributed by atoms with Crippen molar-refractivity contribution in [2.75, 3.05) is 6.61 Å². The van der Waals surface area contributed by atoms with Crippen molar-refractivity contribution in [3.8, 4) is 5.75 Å². The Labute approximate surface area is 86.4 Å². The topological polar surface area (TPSA) is 26.3 Å². The number of benzene rings is 1. The molecule has 0 N–H and O–H groups in total. The van der Waals surface area contributed by atoms with Crippen LogP contribution in [0.5, 0.6) is 5.75 Å². The molecule has 0 saturated carbocycles. The van der Waals surface area contributed by atoms with Gasteiger partial charge in [0.05, 0.1) is 17.2 Å². The molecule has 0 aliphatic heterocycles. The molecule has 0 unspecified atom stereocenters. The molecule has 70 valence electrons. The second-order valence-corrected chi connectivity index (χ2v) is 3.20. The highest BCUT2D eigenvalue weighted by Crippen LogP contribution is 2.31. The highest BCUT2D eigenvalue weighted by Gasteiger charge is 2.08. The zero-order chi connectivity index (χ0) is 9.84. The Balaban J connectivity index is 3.21. The van der Waals surface area contributed by atoms with Gasteiger partial charge in [-0.25, -0.2) is 0 Å². The first-order valence-electron chi connectivity index (χ1n) is 3.76. The highest BCUT2D eigenvalue weighted by molar-refractivity contribution is 6.36. The maximum absolute atomic E-state index is 10.6. The summed E-state index contributed by atoms with van der Waals surface area (Å²) in [6, 6.07) is 3.06. The number of hydrogen-bond donors (Lipinski definition) is 0. The molecule has 0 saturated heterocycles. The minimum absolute atomic E-state index is 0.358. The molecule has 0 fully saturated rings. The molecule has 0 heterocycles. The molecule has 1 aromatic rings. The standard InChI is InChI=1S/C9H8Cl2O2/c1-2-13-9-6(5-12)3-7(10)4-8(9)11/h3-5H,2H2,1H3. The van der Waals surface area contributed by atoms with E-state index >= 15 is 0 Å². The highest BCUT2D eigenvalue weighted by atomic mass is 35.5. The fraction of sp³-hybridized carbons (Fsp3) is 0.222. The van der Waals surface area contributed by atoms with Crippen LogP contribution in [0.1, 0.15) is 17.3 Å². The van der Waals surface area contributed by atoms with Gasteiger partial charge in [0.25, 0.3) is 0 Å². The number of halogens is 2. The summed E-state index contributed by atoms with van der Waals surface area (Å²) in [5, 5.41) is 0.784. The lowest BCUT2D eigenvalue weighted by molar-refractivity contribution is 0.112. The molecule has 0 atom stereocenters. The monoisotopic (exact) mass is 218 g/mol. The van der Waals surface area contributed by atoms with E-state index in [1.165, 1.54) is 6.07 Å². The fourth-order valence-electron chi connectivity index (χ4n) is 0.964. The van der Waals surface area contributed by atoms with E-state index in [9.17, 15) is 4.79 Å². The first-order chi connectivity index (χ1) is 6.19. The van der Waals surface area contributed by atoms with Crippen molar-refractivity contribution in [3.05, 3.63) is 27.7 Å². The van der Waals surface area contributed by atoms with E-state index < -0.39 is 0 Å². The SMILES string of the molecule is CCOc1c(Cl)cc(Cl)cc1C=O. The molecule has 13 heavy (non-hydrogen) atoms. The Hall–Kier alpha value is -0.730. The van der Waals surface area contributed by atoms with Crippen LogP contribution in [-0.2, 0) is 0 Å². The summed E-state index contributed by atoms with van der Waals surface area (Å²) in [7, 11) is 0. The van der Waals surface area contributed by atoms with Crippen LogP contribution in [0.3, 0.4) is 0 Å². The minimum Gasteiger partial charge on any atom is -0.492 e. The third-order valence-corrected chi connectivity index (χ3v) is 1.95. The van der Waals surface area contributed by atoms with Crippen LogP contribution in [0.25, 0.3) is 0 Å². The van der Waals surface area contributed by atoms with Crippen LogP contribution in [-0.4, -0.2) is 12.9 Å². The first kappa shape index (κ1) is 10.4. The molecule has 0 bridgehead atoms. The lowest BCUT2D eigenvalue weighted by atomic mass is 10.2. The smallest absolute Gasteiger partial charge is 0.153 e. The lowest BCUT2D eigenvalue weighted by Crippen LogP contribution is -1.96. The van der Waals surface area contributed by atoms with Gasteiger partial charge in [-0.1, -0.05) is 23.2 Å². The van der Waals surface area contributed by atoms with Crippen molar-refractivity contribution in [2.24, 2.45) is 0 Å². The van der Waals surface area contributed by atoms with Crippen LogP contribution in [0.15, 0.2) is 12.1 Å². The van der Waals surface area contributed by atoms with Crippen LogP contribution < -0.4 is 4.74 Å². The van der Waals surface area contributed by atoms with Crippen LogP contribution in [0.4, 0.5) is 0 Å². The van der Waals surface area contributed by atoms with E-state index in [4.69, 9.17) is 27.9 Å². The summed E-state index contributed by atoms with van der Waals surface area (Å²) in [4.78, 5) is 10.6. The molecule has 2 nitrogen and oxygen atoms in total. The van der Waals surface area contributed by atoms with E-state index in [1.807, 2.05) is 6.92 Å². The van der Waals surface area contributed by atoms with Crippen molar-refractivity contribution < 1.29 is 9.53 Å². The molecule has 0 aliphatic carbocycles. The van der Waals surface area contributed by atoms with Crippen LogP contribution >= 0.6 is 23.2 Å². The third kappa shape index (κ3) is 2.36. The average molecular weight is 219 g/mol. The van der Waals surface area contributed by atoms with Gasteiger partial charge < -0.3 is 4.74 Å². The Kier molecular flexibility index (Phi) is 3.58. The quantitative estimate of drug-likeness (QED) is 0.729. The fourth-order valence-corrected chi connectivity index (χ4v) is 1.53. The molecule has 0 aromatic heterocycles. The summed E-state index contributed by atoms with van der Waals surface area (Å²) >= 11 is 11.5. The summed E-state index contributed by atoms with van der Waals surface area (Å²) < 4.78 is 5.19. The summed E-state index contributed by atoms with van der Waals surface area (Å²) in [5.74, 6) is 0.392. The van der Waals surface area contributed by atoms with Crippen molar-refractivity contribution in [2.45, 2.75) is 6.92 Å². The Morgan fingerprint density at radius 2 is 2.15 bits per heavy atom. The zero-order valence-corrected chi connectivity index (χ0v) is 8.52. The van der Waals surface area contributed by atoms with E-state index in [2.05, 4.69) is 0 Å². The molecule has 1 rings (SSSR count). The van der Waals surface area contributed by atoms with Gasteiger partial charge in [-0.2, -0.15) is 0 Å². The van der Waals surface area contributed by atoms with Gasteiger partial charge >= 0.3 is 0 Å². The van der Waals surface area contributed by atoms with Gasteiger partial charge in [0, 0.05) is 5.02 Å². The van der Waals surface area contributed by atoms with Gasteiger partial charge in [0.2, 0.25) is 0 Å². The number of carbonyl (C=O) groups is 1. The van der Waals surface area contributed by atoms with Gasteiger partial charge in [-0.15, -0.1) is 0 Å². The van der Waals surface area contributed by atoms with Crippen molar-refractivity contribution in [3.63, 3.8) is 0 Å². The predicted octanol–water partition coefficient (Wildman–Crippen LogP) is 3.20. The Morgan fingerprint density at radius 3 is 2.69 bits per heavy atom. The maximum Gasteiger partial charge on any atom is 0.153 e. The largest absolute Gasteiger partial charge is 0.492 e. The van der Waals surface area contributed by atoms with Crippen molar-refractivity contribution in [1.29, 1.82) is 0 Å². The molecule has 1 aromatic carbocycles. The van der Waals surface area contributed by atoms with Gasteiger partial charge in [0.15, 0.2) is 6.29 Å². The van der Waals surface area contributed by atoms with Crippen molar-refractivity contribution in [1.82, 2.24) is 0 Å². The number of carbonyl (C=O) groups excluding carboxylic acids is 1. The number of rotatable bonds is 3. The van der Waals surface area contributed by atoms with Gasteiger partial charge in [0.1, 0.15) is 5.75 Å². The summed E-state index contributed by atoms with van der Waals surface area (Å²) in [6.45, 7) is 2.28.